The highest BCUT2D eigenvalue weighted by atomic mass is 32.1. The lowest BCUT2D eigenvalue weighted by Gasteiger charge is -2.38. The number of nitrogens with zero attached hydrogens (tertiary/aromatic N) is 1. The van der Waals surface area contributed by atoms with Crippen molar-refractivity contribution in [3.05, 3.63) is 0 Å². The van der Waals surface area contributed by atoms with E-state index in [9.17, 15) is 5.11 Å². The number of piperidine rings is 1. The fourth-order valence-corrected chi connectivity index (χ4v) is 2.45. The minimum atomic E-state index is 0.252. The largest absolute Gasteiger partial charge is 0.395 e. The quantitative estimate of drug-likeness (QED) is 0.686. The van der Waals surface area contributed by atoms with E-state index in [4.69, 9.17) is 18.0 Å². The van der Waals surface area contributed by atoms with Crippen molar-refractivity contribution in [2.45, 2.75) is 44.7 Å². The summed E-state index contributed by atoms with van der Waals surface area (Å²) in [5.74, 6) is 0. The molecule has 1 fully saturated rings. The molecule has 0 aromatic carbocycles. The standard InChI is InChI=1S/C10H20N2OS/c1-8(6-10(11)14)12-5-3-2-4-9(12)7-13/h8-9,13H,2-7H2,1H3,(H2,11,14). The smallest absolute Gasteiger partial charge is 0.0742 e. The van der Waals surface area contributed by atoms with Gasteiger partial charge in [-0.05, 0) is 26.3 Å². The highest BCUT2D eigenvalue weighted by Crippen LogP contribution is 2.20. The van der Waals surface area contributed by atoms with Crippen molar-refractivity contribution in [2.24, 2.45) is 5.73 Å². The Balaban J connectivity index is 2.49. The molecule has 2 unspecified atom stereocenters. The second-order valence-corrected chi connectivity index (χ2v) is 4.61. The van der Waals surface area contributed by atoms with E-state index in [1.807, 2.05) is 0 Å². The van der Waals surface area contributed by atoms with Crippen LogP contribution in [0.4, 0.5) is 0 Å². The molecule has 0 saturated carbocycles. The highest BCUT2D eigenvalue weighted by Gasteiger charge is 2.25. The molecule has 82 valence electrons. The third kappa shape index (κ3) is 3.19. The first-order valence-electron chi connectivity index (χ1n) is 5.30. The molecule has 3 N–H and O–H groups in total. The van der Waals surface area contributed by atoms with Crippen molar-refractivity contribution in [2.75, 3.05) is 13.2 Å². The Morgan fingerprint density at radius 1 is 1.64 bits per heavy atom. The zero-order chi connectivity index (χ0) is 10.6. The summed E-state index contributed by atoms with van der Waals surface area (Å²) in [7, 11) is 0. The molecule has 3 nitrogen and oxygen atoms in total. The molecule has 14 heavy (non-hydrogen) atoms. The van der Waals surface area contributed by atoms with Crippen LogP contribution in [0.25, 0.3) is 0 Å². The SMILES string of the molecule is CC(CC(N)=S)N1CCCCC1CO. The Morgan fingerprint density at radius 3 is 2.93 bits per heavy atom. The van der Waals surface area contributed by atoms with Gasteiger partial charge in [-0.3, -0.25) is 4.90 Å². The van der Waals surface area contributed by atoms with E-state index in [2.05, 4.69) is 11.8 Å². The third-order valence-electron chi connectivity index (χ3n) is 2.95. The van der Waals surface area contributed by atoms with Gasteiger partial charge < -0.3 is 10.8 Å². The molecule has 1 heterocycles. The number of thiocarbonyl (C=S) groups is 1. The van der Waals surface area contributed by atoms with E-state index in [-0.39, 0.29) is 6.61 Å². The van der Waals surface area contributed by atoms with Crippen LogP contribution in [-0.2, 0) is 0 Å². The summed E-state index contributed by atoms with van der Waals surface area (Å²) < 4.78 is 0. The van der Waals surface area contributed by atoms with E-state index in [1.54, 1.807) is 0 Å². The van der Waals surface area contributed by atoms with E-state index < -0.39 is 0 Å². The monoisotopic (exact) mass is 216 g/mol. The van der Waals surface area contributed by atoms with Gasteiger partial charge in [0.2, 0.25) is 0 Å². The van der Waals surface area contributed by atoms with Gasteiger partial charge in [0.25, 0.3) is 0 Å². The third-order valence-corrected chi connectivity index (χ3v) is 3.11. The van der Waals surface area contributed by atoms with E-state index in [1.165, 1.54) is 12.8 Å². The molecule has 0 bridgehead atoms. The van der Waals surface area contributed by atoms with Gasteiger partial charge in [0.1, 0.15) is 0 Å². The van der Waals surface area contributed by atoms with Crippen molar-refractivity contribution >= 4 is 17.2 Å². The molecule has 1 aliphatic heterocycles. The maximum atomic E-state index is 9.24. The van der Waals surface area contributed by atoms with Gasteiger partial charge in [-0.15, -0.1) is 0 Å². The number of hydrogen-bond donors (Lipinski definition) is 2. The zero-order valence-corrected chi connectivity index (χ0v) is 9.59. The van der Waals surface area contributed by atoms with E-state index >= 15 is 0 Å². The lowest BCUT2D eigenvalue weighted by atomic mass is 10.00. The normalized spacial score (nSPS) is 26.0. The van der Waals surface area contributed by atoms with Crippen LogP contribution in [0.15, 0.2) is 0 Å². The Kier molecular flexibility index (Phi) is 4.78. The van der Waals surface area contributed by atoms with Crippen LogP contribution in [0, 0.1) is 0 Å². The second-order valence-electron chi connectivity index (χ2n) is 4.09. The number of rotatable bonds is 4. The van der Waals surface area contributed by atoms with Crippen LogP contribution in [-0.4, -0.2) is 40.2 Å². The molecule has 0 aliphatic carbocycles. The lowest BCUT2D eigenvalue weighted by Crippen LogP contribution is -2.47. The van der Waals surface area contributed by atoms with Crippen LogP contribution in [0.1, 0.15) is 32.6 Å². The average molecular weight is 216 g/mol. The van der Waals surface area contributed by atoms with Crippen LogP contribution in [0.3, 0.4) is 0 Å². The fourth-order valence-electron chi connectivity index (χ4n) is 2.21. The molecular formula is C10H20N2OS. The summed E-state index contributed by atoms with van der Waals surface area (Å²) in [6.45, 7) is 3.45. The first-order chi connectivity index (χ1) is 6.65. The zero-order valence-electron chi connectivity index (χ0n) is 8.78. The summed E-state index contributed by atoms with van der Waals surface area (Å²) in [5.41, 5.74) is 5.53. The van der Waals surface area contributed by atoms with E-state index in [0.717, 1.165) is 19.4 Å². The molecule has 4 heteroatoms. The number of aliphatic hydroxyl groups excluding tert-OH is 1. The first-order valence-corrected chi connectivity index (χ1v) is 5.71. The molecule has 1 rings (SSSR count). The Morgan fingerprint density at radius 2 is 2.36 bits per heavy atom. The average Bonchev–Trinajstić information content (AvgIpc) is 2.16. The molecule has 2 atom stereocenters. The predicted molar refractivity (Wildman–Crippen MR) is 62.3 cm³/mol. The van der Waals surface area contributed by atoms with Crippen LogP contribution >= 0.6 is 12.2 Å². The fraction of sp³-hybridized carbons (Fsp3) is 0.900. The number of hydrogen-bond acceptors (Lipinski definition) is 3. The molecule has 0 amide bonds. The van der Waals surface area contributed by atoms with Crippen molar-refractivity contribution < 1.29 is 5.11 Å². The van der Waals surface area contributed by atoms with Crippen LogP contribution in [0.2, 0.25) is 0 Å². The van der Waals surface area contributed by atoms with Crippen molar-refractivity contribution in [1.29, 1.82) is 0 Å². The maximum Gasteiger partial charge on any atom is 0.0742 e. The van der Waals surface area contributed by atoms with Gasteiger partial charge in [-0.25, -0.2) is 0 Å². The van der Waals surface area contributed by atoms with E-state index in [0.29, 0.717) is 17.1 Å². The highest BCUT2D eigenvalue weighted by molar-refractivity contribution is 7.80. The molecule has 0 radical (unpaired) electrons. The Labute approximate surface area is 91.3 Å². The molecule has 1 saturated heterocycles. The van der Waals surface area contributed by atoms with Crippen LogP contribution in [0.5, 0.6) is 0 Å². The summed E-state index contributed by atoms with van der Waals surface area (Å²) in [5, 5.41) is 9.24. The summed E-state index contributed by atoms with van der Waals surface area (Å²) >= 11 is 4.90. The molecular weight excluding hydrogens is 196 g/mol. The topological polar surface area (TPSA) is 49.5 Å². The molecule has 1 aliphatic rings. The van der Waals surface area contributed by atoms with Crippen molar-refractivity contribution in [1.82, 2.24) is 4.90 Å². The van der Waals surface area contributed by atoms with Gasteiger partial charge in [0, 0.05) is 18.5 Å². The van der Waals surface area contributed by atoms with Gasteiger partial charge in [-0.2, -0.15) is 0 Å². The van der Waals surface area contributed by atoms with Crippen LogP contribution < -0.4 is 5.73 Å². The molecule has 0 aromatic rings. The van der Waals surface area contributed by atoms with Crippen molar-refractivity contribution in [3.63, 3.8) is 0 Å². The molecule has 0 aromatic heterocycles. The summed E-state index contributed by atoms with van der Waals surface area (Å²) in [6.07, 6.45) is 4.30. The number of likely N-dealkylation sites (tertiary alicyclic amines) is 1. The van der Waals surface area contributed by atoms with Gasteiger partial charge in [0.15, 0.2) is 0 Å². The number of aliphatic hydroxyl groups is 1. The Bertz CT molecular complexity index is 199. The summed E-state index contributed by atoms with van der Waals surface area (Å²) in [6, 6.07) is 0.679. The first kappa shape index (κ1) is 11.9. The minimum Gasteiger partial charge on any atom is -0.395 e. The Hall–Kier alpha value is -0.190. The van der Waals surface area contributed by atoms with Gasteiger partial charge in [0.05, 0.1) is 11.6 Å². The van der Waals surface area contributed by atoms with Gasteiger partial charge >= 0.3 is 0 Å². The van der Waals surface area contributed by atoms with Gasteiger partial charge in [-0.1, -0.05) is 18.6 Å². The molecule has 0 spiro atoms. The number of nitrogens with two attached hydrogens (primary N) is 1. The lowest BCUT2D eigenvalue weighted by molar-refractivity contribution is 0.0616. The second kappa shape index (κ2) is 5.63. The predicted octanol–water partition coefficient (Wildman–Crippen LogP) is 0.898. The summed E-state index contributed by atoms with van der Waals surface area (Å²) in [4.78, 5) is 2.91. The minimum absolute atomic E-state index is 0.252. The van der Waals surface area contributed by atoms with Crippen molar-refractivity contribution in [3.8, 4) is 0 Å². The maximum absolute atomic E-state index is 9.24.